The first-order chi connectivity index (χ1) is 6.95. The molecule has 4 nitrogen and oxygen atoms in total. The van der Waals surface area contributed by atoms with Gasteiger partial charge in [-0.25, -0.2) is 0 Å². The molecular weight excluding hydrogens is 193 g/mol. The van der Waals surface area contributed by atoms with Crippen LogP contribution in [0, 0.1) is 0 Å². The molecule has 15 heavy (non-hydrogen) atoms. The number of hydrogen-bond acceptors (Lipinski definition) is 3. The third kappa shape index (κ3) is 6.48. The summed E-state index contributed by atoms with van der Waals surface area (Å²) in [7, 11) is -1.34. The summed E-state index contributed by atoms with van der Waals surface area (Å²) < 4.78 is 0. The molecule has 1 rings (SSSR count). The summed E-state index contributed by atoms with van der Waals surface area (Å²) in [4.78, 5) is 9.82. The molecule has 80 valence electrons. The highest BCUT2D eigenvalue weighted by atomic mass is 16.4. The summed E-state index contributed by atoms with van der Waals surface area (Å²) in [6, 6.07) is 8.66. The number of hydrogen-bond donors (Lipinski definition) is 3. The maximum atomic E-state index is 9.82. The van der Waals surface area contributed by atoms with E-state index in [9.17, 15) is 4.79 Å². The lowest BCUT2D eigenvalue weighted by Crippen LogP contribution is -2.29. The highest BCUT2D eigenvalue weighted by molar-refractivity contribution is 6.58. The molecule has 1 aromatic carbocycles. The Hall–Kier alpha value is -1.59. The van der Waals surface area contributed by atoms with Gasteiger partial charge in [-0.1, -0.05) is 36.9 Å². The second-order valence-corrected chi connectivity index (χ2v) is 2.93. The quantitative estimate of drug-likeness (QED) is 0.447. The van der Waals surface area contributed by atoms with Gasteiger partial charge in [0, 0.05) is 5.57 Å². The van der Waals surface area contributed by atoms with Crippen LogP contribution in [0.5, 0.6) is 0 Å². The number of carbonyl (C=O) groups excluding carboxylic acids is 1. The third-order valence-corrected chi connectivity index (χ3v) is 1.52. The van der Waals surface area contributed by atoms with Crippen molar-refractivity contribution in [3.8, 4) is 0 Å². The number of amides is 1. The van der Waals surface area contributed by atoms with Crippen LogP contribution < -0.4 is 11.2 Å². The van der Waals surface area contributed by atoms with Crippen molar-refractivity contribution in [2.75, 3.05) is 0 Å². The first-order valence-corrected chi connectivity index (χ1v) is 4.31. The first kappa shape index (κ1) is 13.4. The lowest BCUT2D eigenvalue weighted by atomic mass is 9.81. The van der Waals surface area contributed by atoms with Gasteiger partial charge in [0.1, 0.15) is 0 Å². The maximum absolute atomic E-state index is 9.82. The standard InChI is InChI=1S/C6H7BO2.C4H7NO/c8-7(9)6-4-2-1-3-5-6;1-3(2)4(5)6/h1-5,8-9H;1H2,2H3,(H2,5,6). The lowest BCUT2D eigenvalue weighted by molar-refractivity contribution is -0.114. The van der Waals surface area contributed by atoms with Crippen molar-refractivity contribution in [1.29, 1.82) is 0 Å². The molecule has 5 heteroatoms. The van der Waals surface area contributed by atoms with Crippen LogP contribution in [-0.2, 0) is 4.79 Å². The van der Waals surface area contributed by atoms with Crippen molar-refractivity contribution >= 4 is 18.5 Å². The molecular formula is C10H14BNO3. The molecule has 1 amide bonds. The van der Waals surface area contributed by atoms with Gasteiger partial charge in [-0.2, -0.15) is 0 Å². The summed E-state index contributed by atoms with van der Waals surface area (Å²) in [6.45, 7) is 4.85. The van der Waals surface area contributed by atoms with Crippen LogP contribution >= 0.6 is 0 Å². The zero-order valence-corrected chi connectivity index (χ0v) is 8.55. The Morgan fingerprint density at radius 3 is 1.93 bits per heavy atom. The molecule has 0 heterocycles. The van der Waals surface area contributed by atoms with Gasteiger partial charge in [-0.3, -0.25) is 4.79 Å². The van der Waals surface area contributed by atoms with Crippen LogP contribution in [0.3, 0.4) is 0 Å². The normalized spacial score (nSPS) is 8.47. The Labute approximate surface area is 89.2 Å². The Bertz CT molecular complexity index is 313. The van der Waals surface area contributed by atoms with E-state index >= 15 is 0 Å². The maximum Gasteiger partial charge on any atom is 0.488 e. The van der Waals surface area contributed by atoms with Gasteiger partial charge in [-0.05, 0) is 12.4 Å². The molecule has 0 aliphatic rings. The minimum Gasteiger partial charge on any atom is -0.423 e. The minimum atomic E-state index is -1.34. The van der Waals surface area contributed by atoms with E-state index in [1.54, 1.807) is 31.2 Å². The molecule has 0 aromatic heterocycles. The number of rotatable bonds is 2. The predicted octanol–water partition coefficient (Wildman–Crippen LogP) is -0.586. The predicted molar refractivity (Wildman–Crippen MR) is 60.3 cm³/mol. The van der Waals surface area contributed by atoms with Crippen molar-refractivity contribution in [1.82, 2.24) is 0 Å². The summed E-state index contributed by atoms with van der Waals surface area (Å²) in [5.41, 5.74) is 5.62. The van der Waals surface area contributed by atoms with Gasteiger partial charge in [-0.15, -0.1) is 0 Å². The summed E-state index contributed by atoms with van der Waals surface area (Å²) in [5.74, 6) is -0.435. The molecule has 0 saturated carbocycles. The lowest BCUT2D eigenvalue weighted by Gasteiger charge is -1.94. The van der Waals surface area contributed by atoms with Crippen molar-refractivity contribution in [3.05, 3.63) is 42.5 Å². The van der Waals surface area contributed by atoms with Gasteiger partial charge in [0.15, 0.2) is 0 Å². The Kier molecular flexibility index (Phi) is 6.09. The Balaban J connectivity index is 0.000000288. The van der Waals surface area contributed by atoms with E-state index in [1.165, 1.54) is 0 Å². The van der Waals surface area contributed by atoms with E-state index in [1.807, 2.05) is 6.07 Å². The highest BCUT2D eigenvalue weighted by Gasteiger charge is 2.07. The molecule has 0 aliphatic heterocycles. The van der Waals surface area contributed by atoms with Gasteiger partial charge < -0.3 is 15.8 Å². The van der Waals surface area contributed by atoms with Gasteiger partial charge in [0.05, 0.1) is 0 Å². The number of benzene rings is 1. The highest BCUT2D eigenvalue weighted by Crippen LogP contribution is 1.82. The third-order valence-electron chi connectivity index (χ3n) is 1.52. The van der Waals surface area contributed by atoms with Crippen LogP contribution in [-0.4, -0.2) is 23.1 Å². The average molecular weight is 207 g/mol. The summed E-state index contributed by atoms with van der Waals surface area (Å²) in [6.07, 6.45) is 0. The van der Waals surface area contributed by atoms with Gasteiger partial charge in [0.25, 0.3) is 0 Å². The summed E-state index contributed by atoms with van der Waals surface area (Å²) in [5, 5.41) is 17.2. The van der Waals surface area contributed by atoms with E-state index < -0.39 is 13.0 Å². The Morgan fingerprint density at radius 1 is 1.33 bits per heavy atom. The SMILES string of the molecule is C=C(C)C(N)=O.OB(O)c1ccccc1. The molecule has 0 spiro atoms. The van der Waals surface area contributed by atoms with Crippen LogP contribution in [0.2, 0.25) is 0 Å². The fourth-order valence-electron chi connectivity index (χ4n) is 0.625. The fraction of sp³-hybridized carbons (Fsp3) is 0.100. The molecule has 4 N–H and O–H groups in total. The molecule has 1 aromatic rings. The van der Waals surface area contributed by atoms with E-state index in [-0.39, 0.29) is 0 Å². The molecule has 0 bridgehead atoms. The van der Waals surface area contributed by atoms with Gasteiger partial charge >= 0.3 is 7.12 Å². The van der Waals surface area contributed by atoms with E-state index in [2.05, 4.69) is 6.58 Å². The molecule has 0 atom stereocenters. The fourth-order valence-corrected chi connectivity index (χ4v) is 0.625. The summed E-state index contributed by atoms with van der Waals surface area (Å²) >= 11 is 0. The number of nitrogens with two attached hydrogens (primary N) is 1. The number of carbonyl (C=O) groups is 1. The van der Waals surface area contributed by atoms with Crippen LogP contribution in [0.4, 0.5) is 0 Å². The van der Waals surface area contributed by atoms with Gasteiger partial charge in [0.2, 0.25) is 5.91 Å². The minimum absolute atomic E-state index is 0.398. The largest absolute Gasteiger partial charge is 0.488 e. The first-order valence-electron chi connectivity index (χ1n) is 4.31. The molecule has 0 unspecified atom stereocenters. The van der Waals surface area contributed by atoms with E-state index in [0.29, 0.717) is 11.0 Å². The van der Waals surface area contributed by atoms with Crippen LogP contribution in [0.1, 0.15) is 6.92 Å². The van der Waals surface area contributed by atoms with Crippen molar-refractivity contribution in [2.24, 2.45) is 5.73 Å². The zero-order chi connectivity index (χ0) is 11.8. The molecule has 0 saturated heterocycles. The van der Waals surface area contributed by atoms with Crippen molar-refractivity contribution in [3.63, 3.8) is 0 Å². The zero-order valence-electron chi connectivity index (χ0n) is 8.55. The average Bonchev–Trinajstić information content (AvgIpc) is 2.20. The van der Waals surface area contributed by atoms with Crippen molar-refractivity contribution < 1.29 is 14.8 Å². The van der Waals surface area contributed by atoms with Crippen molar-refractivity contribution in [2.45, 2.75) is 6.92 Å². The molecule has 0 fully saturated rings. The monoisotopic (exact) mass is 207 g/mol. The molecule has 0 radical (unpaired) electrons. The van der Waals surface area contributed by atoms with Crippen LogP contribution in [0.25, 0.3) is 0 Å². The second-order valence-electron chi connectivity index (χ2n) is 2.93. The topological polar surface area (TPSA) is 83.6 Å². The van der Waals surface area contributed by atoms with E-state index in [0.717, 1.165) is 0 Å². The van der Waals surface area contributed by atoms with Crippen LogP contribution in [0.15, 0.2) is 42.5 Å². The second kappa shape index (κ2) is 6.81. The Morgan fingerprint density at radius 2 is 1.73 bits per heavy atom. The molecule has 0 aliphatic carbocycles. The smallest absolute Gasteiger partial charge is 0.423 e. The van der Waals surface area contributed by atoms with E-state index in [4.69, 9.17) is 15.8 Å². The number of primary amides is 1.